The van der Waals surface area contributed by atoms with Gasteiger partial charge in [-0.1, -0.05) is 18.2 Å². The highest BCUT2D eigenvalue weighted by Gasteiger charge is 2.18. The summed E-state index contributed by atoms with van der Waals surface area (Å²) in [6.07, 6.45) is 3.31. The van der Waals surface area contributed by atoms with E-state index in [1.54, 1.807) is 0 Å². The molecular weight excluding hydrogens is 186 g/mol. The van der Waals surface area contributed by atoms with Gasteiger partial charge in [0.15, 0.2) is 6.29 Å². The van der Waals surface area contributed by atoms with E-state index in [4.69, 9.17) is 0 Å². The molecule has 1 aromatic carbocycles. The zero-order valence-corrected chi connectivity index (χ0v) is 8.79. The molecule has 0 fully saturated rings. The summed E-state index contributed by atoms with van der Waals surface area (Å²) in [6, 6.07) is 6.28. The van der Waals surface area contributed by atoms with E-state index in [0.29, 0.717) is 0 Å². The standard InChI is InChI=1S/C13H13NO/c1-9-12(8-15)11-6-2-4-10-5-3-7-14(9)13(10)11/h2,4,6,8H,3,5,7H2,1H3. The molecule has 0 saturated heterocycles. The molecule has 0 amide bonds. The molecule has 0 aliphatic carbocycles. The number of aldehydes is 1. The Morgan fingerprint density at radius 3 is 3.07 bits per heavy atom. The highest BCUT2D eigenvalue weighted by Crippen LogP contribution is 2.31. The first kappa shape index (κ1) is 8.72. The number of benzene rings is 1. The minimum atomic E-state index is 0.869. The molecule has 1 aliphatic rings. The first-order chi connectivity index (χ1) is 7.33. The third kappa shape index (κ3) is 1.02. The summed E-state index contributed by atoms with van der Waals surface area (Å²) in [4.78, 5) is 11.1. The number of hydrogen-bond donors (Lipinski definition) is 0. The van der Waals surface area contributed by atoms with Crippen LogP contribution in [0.25, 0.3) is 10.9 Å². The molecular formula is C13H13NO. The van der Waals surface area contributed by atoms with Crippen molar-refractivity contribution in [3.63, 3.8) is 0 Å². The Labute approximate surface area is 88.5 Å². The fourth-order valence-electron chi connectivity index (χ4n) is 2.69. The highest BCUT2D eigenvalue weighted by molar-refractivity contribution is 6.00. The highest BCUT2D eigenvalue weighted by atomic mass is 16.1. The van der Waals surface area contributed by atoms with Crippen molar-refractivity contribution >= 4 is 17.2 Å². The lowest BCUT2D eigenvalue weighted by atomic mass is 10.0. The molecule has 0 spiro atoms. The summed E-state index contributed by atoms with van der Waals surface area (Å²) >= 11 is 0. The quantitative estimate of drug-likeness (QED) is 0.647. The van der Waals surface area contributed by atoms with E-state index in [2.05, 4.69) is 22.8 Å². The Kier molecular flexibility index (Phi) is 1.72. The van der Waals surface area contributed by atoms with Gasteiger partial charge in [-0.05, 0) is 25.3 Å². The number of rotatable bonds is 1. The van der Waals surface area contributed by atoms with E-state index in [0.717, 1.165) is 35.9 Å². The molecule has 0 saturated carbocycles. The summed E-state index contributed by atoms with van der Waals surface area (Å²) < 4.78 is 2.29. The van der Waals surface area contributed by atoms with Crippen molar-refractivity contribution in [2.75, 3.05) is 0 Å². The molecule has 2 nitrogen and oxygen atoms in total. The Morgan fingerprint density at radius 1 is 1.40 bits per heavy atom. The van der Waals surface area contributed by atoms with Crippen molar-refractivity contribution in [2.24, 2.45) is 0 Å². The van der Waals surface area contributed by atoms with Gasteiger partial charge in [-0.25, -0.2) is 0 Å². The largest absolute Gasteiger partial charge is 0.344 e. The van der Waals surface area contributed by atoms with Gasteiger partial charge in [0.05, 0.1) is 5.52 Å². The normalized spacial score (nSPS) is 14.5. The van der Waals surface area contributed by atoms with E-state index < -0.39 is 0 Å². The van der Waals surface area contributed by atoms with Crippen LogP contribution in [0.2, 0.25) is 0 Å². The van der Waals surface area contributed by atoms with E-state index in [9.17, 15) is 4.79 Å². The molecule has 0 atom stereocenters. The number of carbonyl (C=O) groups is 1. The van der Waals surface area contributed by atoms with Crippen LogP contribution < -0.4 is 0 Å². The zero-order chi connectivity index (χ0) is 10.4. The molecule has 0 N–H and O–H groups in total. The van der Waals surface area contributed by atoms with Crippen LogP contribution >= 0.6 is 0 Å². The SMILES string of the molecule is Cc1c(C=O)c2cccc3c2n1CCC3. The summed E-state index contributed by atoms with van der Waals surface area (Å²) in [5, 5.41) is 1.12. The second-order valence-electron chi connectivity index (χ2n) is 4.19. The third-order valence-corrected chi connectivity index (χ3v) is 3.42. The Hall–Kier alpha value is -1.57. The van der Waals surface area contributed by atoms with Gasteiger partial charge in [0.1, 0.15) is 0 Å². The molecule has 0 bridgehead atoms. The van der Waals surface area contributed by atoms with Crippen LogP contribution in [-0.4, -0.2) is 10.9 Å². The van der Waals surface area contributed by atoms with Gasteiger partial charge in [0.25, 0.3) is 0 Å². The first-order valence-electron chi connectivity index (χ1n) is 5.39. The minimum Gasteiger partial charge on any atom is -0.344 e. The van der Waals surface area contributed by atoms with Crippen molar-refractivity contribution in [2.45, 2.75) is 26.3 Å². The zero-order valence-electron chi connectivity index (χ0n) is 8.79. The molecule has 76 valence electrons. The topological polar surface area (TPSA) is 22.0 Å². The van der Waals surface area contributed by atoms with Gasteiger partial charge < -0.3 is 4.57 Å². The number of nitrogens with zero attached hydrogens (tertiary/aromatic N) is 1. The molecule has 0 radical (unpaired) electrons. The molecule has 3 rings (SSSR count). The molecule has 0 unspecified atom stereocenters. The van der Waals surface area contributed by atoms with Crippen molar-refractivity contribution < 1.29 is 4.79 Å². The number of aromatic nitrogens is 1. The van der Waals surface area contributed by atoms with Crippen molar-refractivity contribution in [3.05, 3.63) is 35.0 Å². The molecule has 2 heteroatoms. The van der Waals surface area contributed by atoms with E-state index in [-0.39, 0.29) is 0 Å². The van der Waals surface area contributed by atoms with Gasteiger partial charge >= 0.3 is 0 Å². The van der Waals surface area contributed by atoms with Crippen LogP contribution in [0.15, 0.2) is 18.2 Å². The minimum absolute atomic E-state index is 0.869. The summed E-state index contributed by atoms with van der Waals surface area (Å²) in [5.41, 5.74) is 4.65. The number of hydrogen-bond acceptors (Lipinski definition) is 1. The summed E-state index contributed by atoms with van der Waals surface area (Å²) in [6.45, 7) is 3.09. The van der Waals surface area contributed by atoms with Crippen LogP contribution in [0, 0.1) is 6.92 Å². The van der Waals surface area contributed by atoms with Crippen LogP contribution in [0.4, 0.5) is 0 Å². The summed E-state index contributed by atoms with van der Waals surface area (Å²) in [5.74, 6) is 0. The van der Waals surface area contributed by atoms with Gasteiger partial charge in [-0.2, -0.15) is 0 Å². The lowest BCUT2D eigenvalue weighted by molar-refractivity contribution is 0.112. The lowest BCUT2D eigenvalue weighted by Gasteiger charge is -2.16. The maximum absolute atomic E-state index is 11.1. The average molecular weight is 199 g/mol. The van der Waals surface area contributed by atoms with Crippen molar-refractivity contribution in [3.8, 4) is 0 Å². The third-order valence-electron chi connectivity index (χ3n) is 3.42. The second-order valence-corrected chi connectivity index (χ2v) is 4.19. The number of carbonyl (C=O) groups excluding carboxylic acids is 1. The van der Waals surface area contributed by atoms with Gasteiger partial charge in [0, 0.05) is 23.2 Å². The fraction of sp³-hybridized carbons (Fsp3) is 0.308. The molecule has 15 heavy (non-hydrogen) atoms. The number of aryl methyl sites for hydroxylation is 2. The van der Waals surface area contributed by atoms with Crippen LogP contribution in [0.1, 0.15) is 28.0 Å². The average Bonchev–Trinajstić information content (AvgIpc) is 2.55. The smallest absolute Gasteiger partial charge is 0.152 e. The van der Waals surface area contributed by atoms with E-state index >= 15 is 0 Å². The van der Waals surface area contributed by atoms with Crippen LogP contribution in [0.3, 0.4) is 0 Å². The molecule has 2 aromatic rings. The van der Waals surface area contributed by atoms with Crippen LogP contribution in [-0.2, 0) is 13.0 Å². The van der Waals surface area contributed by atoms with Crippen molar-refractivity contribution in [1.82, 2.24) is 4.57 Å². The predicted molar refractivity (Wildman–Crippen MR) is 60.4 cm³/mol. The fourth-order valence-corrected chi connectivity index (χ4v) is 2.69. The molecule has 1 aromatic heterocycles. The Morgan fingerprint density at radius 2 is 2.27 bits per heavy atom. The Balaban J connectivity index is 2.53. The first-order valence-corrected chi connectivity index (χ1v) is 5.39. The Bertz CT molecular complexity index is 551. The van der Waals surface area contributed by atoms with Gasteiger partial charge in [0.2, 0.25) is 0 Å². The van der Waals surface area contributed by atoms with Gasteiger partial charge in [-0.3, -0.25) is 4.79 Å². The molecule has 2 heterocycles. The van der Waals surface area contributed by atoms with Crippen LogP contribution in [0.5, 0.6) is 0 Å². The van der Waals surface area contributed by atoms with E-state index in [1.165, 1.54) is 17.5 Å². The monoisotopic (exact) mass is 199 g/mol. The van der Waals surface area contributed by atoms with Crippen molar-refractivity contribution in [1.29, 1.82) is 0 Å². The summed E-state index contributed by atoms with van der Waals surface area (Å²) in [7, 11) is 0. The maximum atomic E-state index is 11.1. The maximum Gasteiger partial charge on any atom is 0.152 e. The predicted octanol–water partition coefficient (Wildman–Crippen LogP) is 2.71. The molecule has 1 aliphatic heterocycles. The number of para-hydroxylation sites is 1. The van der Waals surface area contributed by atoms with E-state index in [1.807, 2.05) is 6.92 Å². The second kappa shape index (κ2) is 2.96. The lowest BCUT2D eigenvalue weighted by Crippen LogP contribution is -2.08. The van der Waals surface area contributed by atoms with Gasteiger partial charge in [-0.15, -0.1) is 0 Å².